The Kier molecular flexibility index (Phi) is 5.28. The van der Waals surface area contributed by atoms with E-state index in [9.17, 15) is 4.79 Å². The molecule has 1 saturated heterocycles. The molecule has 2 heterocycles. The van der Waals surface area contributed by atoms with Crippen molar-refractivity contribution < 1.29 is 14.6 Å². The van der Waals surface area contributed by atoms with Gasteiger partial charge in [0.1, 0.15) is 5.60 Å². The van der Waals surface area contributed by atoms with Crippen LogP contribution in [0.3, 0.4) is 0 Å². The first kappa shape index (κ1) is 18.4. The van der Waals surface area contributed by atoms with Gasteiger partial charge in [-0.05, 0) is 49.6 Å². The van der Waals surface area contributed by atoms with Gasteiger partial charge in [-0.1, -0.05) is 24.3 Å². The van der Waals surface area contributed by atoms with Gasteiger partial charge in [-0.3, -0.25) is 4.98 Å². The van der Waals surface area contributed by atoms with E-state index in [0.717, 1.165) is 28.8 Å². The number of rotatable bonds is 5. The van der Waals surface area contributed by atoms with E-state index in [-0.39, 0.29) is 18.7 Å². The predicted molar refractivity (Wildman–Crippen MR) is 101 cm³/mol. The summed E-state index contributed by atoms with van der Waals surface area (Å²) in [5.41, 5.74) is 3.76. The van der Waals surface area contributed by atoms with Crippen LogP contribution in [0.4, 0.5) is 4.79 Å². The summed E-state index contributed by atoms with van der Waals surface area (Å²) in [5, 5.41) is 9.15. The first-order chi connectivity index (χ1) is 12.4. The van der Waals surface area contributed by atoms with Crippen LogP contribution in [0.2, 0.25) is 0 Å². The Morgan fingerprint density at radius 1 is 1.27 bits per heavy atom. The van der Waals surface area contributed by atoms with E-state index in [1.165, 1.54) is 0 Å². The quantitative estimate of drug-likeness (QED) is 0.878. The molecule has 0 saturated carbocycles. The molecular formula is C21H26N2O3. The van der Waals surface area contributed by atoms with Gasteiger partial charge in [0.25, 0.3) is 0 Å². The Labute approximate surface area is 154 Å². The minimum absolute atomic E-state index is 0.0231. The lowest BCUT2D eigenvalue weighted by molar-refractivity contribution is -0.0559. The molecule has 5 heteroatoms. The van der Waals surface area contributed by atoms with Crippen molar-refractivity contribution in [1.29, 1.82) is 0 Å². The van der Waals surface area contributed by atoms with Crippen LogP contribution in [0.15, 0.2) is 42.6 Å². The van der Waals surface area contributed by atoms with E-state index in [0.29, 0.717) is 13.0 Å². The second kappa shape index (κ2) is 7.46. The topological polar surface area (TPSA) is 62.7 Å². The normalized spacial score (nSPS) is 21.4. The van der Waals surface area contributed by atoms with Gasteiger partial charge in [0.15, 0.2) is 0 Å². The van der Waals surface area contributed by atoms with Gasteiger partial charge in [0.2, 0.25) is 0 Å². The summed E-state index contributed by atoms with van der Waals surface area (Å²) in [6, 6.07) is 12.3. The third kappa shape index (κ3) is 3.88. The number of cyclic esters (lactones) is 1. The van der Waals surface area contributed by atoms with Crippen LogP contribution in [0.25, 0.3) is 11.1 Å². The summed E-state index contributed by atoms with van der Waals surface area (Å²) in [7, 11) is 0. The molecule has 1 aromatic heterocycles. The number of nitrogens with zero attached hydrogens (tertiary/aromatic N) is 2. The van der Waals surface area contributed by atoms with Gasteiger partial charge in [-0.15, -0.1) is 0 Å². The van der Waals surface area contributed by atoms with E-state index in [1.807, 2.05) is 33.0 Å². The molecule has 5 nitrogen and oxygen atoms in total. The lowest BCUT2D eigenvalue weighted by Gasteiger charge is -2.41. The van der Waals surface area contributed by atoms with Crippen LogP contribution in [0.5, 0.6) is 0 Å². The average Bonchev–Trinajstić information content (AvgIpc) is 2.61. The zero-order valence-electron chi connectivity index (χ0n) is 15.6. The molecule has 0 radical (unpaired) electrons. The van der Waals surface area contributed by atoms with Crippen LogP contribution >= 0.6 is 0 Å². The maximum Gasteiger partial charge on any atom is 0.410 e. The Morgan fingerprint density at radius 2 is 2.00 bits per heavy atom. The van der Waals surface area contributed by atoms with Crippen molar-refractivity contribution in [2.45, 2.75) is 45.3 Å². The molecule has 3 rings (SSSR count). The largest absolute Gasteiger partial charge is 0.443 e. The van der Waals surface area contributed by atoms with E-state index in [4.69, 9.17) is 9.84 Å². The van der Waals surface area contributed by atoms with Gasteiger partial charge in [-0.2, -0.15) is 0 Å². The van der Waals surface area contributed by atoms with E-state index < -0.39 is 5.60 Å². The molecule has 1 amide bonds. The average molecular weight is 354 g/mol. The summed E-state index contributed by atoms with van der Waals surface area (Å²) < 4.78 is 5.60. The molecule has 1 aliphatic rings. The predicted octanol–water partition coefficient (Wildman–Crippen LogP) is 4.10. The smallest absolute Gasteiger partial charge is 0.410 e. The van der Waals surface area contributed by atoms with Crippen LogP contribution in [0, 0.1) is 6.92 Å². The van der Waals surface area contributed by atoms with Gasteiger partial charge in [0, 0.05) is 37.9 Å². The number of pyridine rings is 1. The zero-order valence-corrected chi connectivity index (χ0v) is 15.6. The SMILES string of the molecule is Cc1cc(-c2ccc([C@H](C)N3CC[C@@](C)(CCO)OC3=O)cc2)ccn1. The second-order valence-electron chi connectivity index (χ2n) is 7.22. The Hall–Kier alpha value is -2.40. The second-order valence-corrected chi connectivity index (χ2v) is 7.22. The summed E-state index contributed by atoms with van der Waals surface area (Å²) >= 11 is 0. The van der Waals surface area contributed by atoms with E-state index in [2.05, 4.69) is 35.3 Å². The first-order valence-electron chi connectivity index (χ1n) is 9.05. The molecule has 2 aromatic rings. The summed E-state index contributed by atoms with van der Waals surface area (Å²) in [6.07, 6.45) is 2.70. The van der Waals surface area contributed by atoms with Crippen LogP contribution in [0.1, 0.15) is 44.0 Å². The number of aryl methyl sites for hydroxylation is 1. The third-order valence-electron chi connectivity index (χ3n) is 5.18. The number of ether oxygens (including phenoxy) is 1. The molecule has 0 bridgehead atoms. The Morgan fingerprint density at radius 3 is 2.62 bits per heavy atom. The van der Waals surface area contributed by atoms with Crippen molar-refractivity contribution >= 4 is 6.09 Å². The molecule has 26 heavy (non-hydrogen) atoms. The van der Waals surface area contributed by atoms with Crippen molar-refractivity contribution in [3.63, 3.8) is 0 Å². The van der Waals surface area contributed by atoms with Crippen LogP contribution < -0.4 is 0 Å². The Bertz CT molecular complexity index is 775. The fourth-order valence-corrected chi connectivity index (χ4v) is 3.39. The molecular weight excluding hydrogens is 328 g/mol. The number of carbonyl (C=O) groups is 1. The van der Waals surface area contributed by atoms with Gasteiger partial charge < -0.3 is 14.7 Å². The minimum Gasteiger partial charge on any atom is -0.443 e. The molecule has 0 aliphatic carbocycles. The van der Waals surface area contributed by atoms with Crippen LogP contribution in [-0.4, -0.2) is 39.8 Å². The van der Waals surface area contributed by atoms with Crippen molar-refractivity contribution in [2.75, 3.05) is 13.2 Å². The molecule has 0 unspecified atom stereocenters. The maximum absolute atomic E-state index is 12.4. The highest BCUT2D eigenvalue weighted by atomic mass is 16.6. The molecule has 0 spiro atoms. The van der Waals surface area contributed by atoms with Gasteiger partial charge in [0.05, 0.1) is 6.04 Å². The highest BCUT2D eigenvalue weighted by molar-refractivity contribution is 5.70. The van der Waals surface area contributed by atoms with Crippen molar-refractivity contribution in [3.05, 3.63) is 53.9 Å². The molecule has 1 aliphatic heterocycles. The number of benzene rings is 1. The lowest BCUT2D eigenvalue weighted by Crippen LogP contribution is -2.49. The van der Waals surface area contributed by atoms with Gasteiger partial charge in [-0.25, -0.2) is 4.79 Å². The van der Waals surface area contributed by atoms with E-state index >= 15 is 0 Å². The fraction of sp³-hybridized carbons (Fsp3) is 0.429. The van der Waals surface area contributed by atoms with E-state index in [1.54, 1.807) is 4.90 Å². The fourth-order valence-electron chi connectivity index (χ4n) is 3.39. The standard InChI is InChI=1S/C21H26N2O3/c1-15-14-19(8-11-22-15)18-6-4-17(5-7-18)16(2)23-12-9-21(3,10-13-24)26-20(23)25/h4-8,11,14,16,24H,9-10,12-13H2,1-3H3/t16-,21-/m0/s1. The number of amides is 1. The number of hydrogen-bond donors (Lipinski definition) is 1. The number of aliphatic hydroxyl groups excluding tert-OH is 1. The number of aromatic nitrogens is 1. The molecule has 1 fully saturated rings. The molecule has 2 atom stereocenters. The van der Waals surface area contributed by atoms with Gasteiger partial charge >= 0.3 is 6.09 Å². The highest BCUT2D eigenvalue weighted by Gasteiger charge is 2.38. The summed E-state index contributed by atoms with van der Waals surface area (Å²) in [6.45, 7) is 6.53. The number of hydrogen-bond acceptors (Lipinski definition) is 4. The number of aliphatic hydroxyl groups is 1. The molecule has 1 aromatic carbocycles. The third-order valence-corrected chi connectivity index (χ3v) is 5.18. The molecule has 138 valence electrons. The maximum atomic E-state index is 12.4. The number of carbonyl (C=O) groups excluding carboxylic acids is 1. The zero-order chi connectivity index (χ0) is 18.7. The minimum atomic E-state index is -0.564. The lowest BCUT2D eigenvalue weighted by atomic mass is 9.95. The monoisotopic (exact) mass is 354 g/mol. The Balaban J connectivity index is 1.72. The van der Waals surface area contributed by atoms with Crippen molar-refractivity contribution in [1.82, 2.24) is 9.88 Å². The highest BCUT2D eigenvalue weighted by Crippen LogP contribution is 2.32. The first-order valence-corrected chi connectivity index (χ1v) is 9.05. The van der Waals surface area contributed by atoms with Crippen molar-refractivity contribution in [2.24, 2.45) is 0 Å². The summed E-state index contributed by atoms with van der Waals surface area (Å²) in [4.78, 5) is 18.4. The van der Waals surface area contributed by atoms with Crippen molar-refractivity contribution in [3.8, 4) is 11.1 Å². The van der Waals surface area contributed by atoms with Crippen LogP contribution in [-0.2, 0) is 4.74 Å². The summed E-state index contributed by atoms with van der Waals surface area (Å²) in [5.74, 6) is 0. The molecule has 1 N–H and O–H groups in total.